The van der Waals surface area contributed by atoms with E-state index in [0.717, 1.165) is 0 Å². The number of nitrogens with one attached hydrogen (secondary N) is 1. The number of fused-ring (bicyclic) bond motifs is 1. The molecule has 0 bridgehead atoms. The average molecular weight is 443 g/mol. The third-order valence-electron chi connectivity index (χ3n) is 2.02. The summed E-state index contributed by atoms with van der Waals surface area (Å²) in [5.74, 6) is 0. The van der Waals surface area contributed by atoms with Crippen molar-refractivity contribution in [3.63, 3.8) is 0 Å². The summed E-state index contributed by atoms with van der Waals surface area (Å²) in [4.78, 5) is 2.04. The van der Waals surface area contributed by atoms with E-state index >= 15 is 0 Å². The second-order valence-electron chi connectivity index (χ2n) is 3.38. The van der Waals surface area contributed by atoms with Gasteiger partial charge < -0.3 is 10.2 Å². The van der Waals surface area contributed by atoms with Crippen molar-refractivity contribution in [1.29, 1.82) is 0 Å². The van der Waals surface area contributed by atoms with Gasteiger partial charge in [0.05, 0.1) is 0 Å². The Labute approximate surface area is 78.9 Å². The standard InChI is InChI=1S/C11H13N2.Bh/c1-13(2)8-11-10-6-4-3-5-9(10)7-12-11;/h3-8,12H,1-2H3;/q-1;/b11-8+;. The van der Waals surface area contributed by atoms with Crippen LogP contribution in [0.5, 0.6) is 0 Å². The van der Waals surface area contributed by atoms with Crippen molar-refractivity contribution < 1.29 is 0 Å². The number of hydrogen-bond donors (Lipinski definition) is 1. The smallest absolute Gasteiger partial charge is 0.00920 e. The Balaban J connectivity index is 0.000000980. The van der Waals surface area contributed by atoms with Crippen molar-refractivity contribution in [2.24, 2.45) is 0 Å². The summed E-state index contributed by atoms with van der Waals surface area (Å²) in [5.41, 5.74) is 3.70. The predicted octanol–water partition coefficient (Wildman–Crippen LogP) is 1.66. The van der Waals surface area contributed by atoms with Gasteiger partial charge in [0.15, 0.2) is 0 Å². The molecule has 0 saturated carbocycles. The van der Waals surface area contributed by atoms with Crippen LogP contribution < -0.4 is 5.32 Å². The minimum Gasteiger partial charge on any atom is -0.423 e. The van der Waals surface area contributed by atoms with Gasteiger partial charge in [0.2, 0.25) is 0 Å². The van der Waals surface area contributed by atoms with E-state index in [1.807, 2.05) is 25.5 Å². The van der Waals surface area contributed by atoms with E-state index in [1.165, 1.54) is 16.8 Å². The molecule has 1 aromatic carbocycles. The largest absolute Gasteiger partial charge is 0.423 e. The maximum absolute atomic E-state index is 3.25. The molecule has 0 amide bonds. The second kappa shape index (κ2) is 3.44. The molecule has 1 aromatic rings. The molecule has 1 aliphatic heterocycles. The molecule has 2 rings (SSSR count). The zero-order chi connectivity index (χ0) is 9.26. The van der Waals surface area contributed by atoms with Gasteiger partial charge in [-0.05, 0) is 5.70 Å². The van der Waals surface area contributed by atoms with Crippen molar-refractivity contribution in [2.75, 3.05) is 14.1 Å². The van der Waals surface area contributed by atoms with Crippen LogP contribution in [0.25, 0.3) is 5.70 Å². The second-order valence-corrected chi connectivity index (χ2v) is 3.38. The Bertz CT molecular complexity index is 345. The summed E-state index contributed by atoms with van der Waals surface area (Å²) in [5, 5.41) is 3.25. The molecule has 0 unspecified atom stereocenters. The molecule has 2 nitrogen and oxygen atoms in total. The van der Waals surface area contributed by atoms with Crippen LogP contribution in [-0.4, -0.2) is 19.0 Å². The van der Waals surface area contributed by atoms with Crippen LogP contribution in [0.2, 0.25) is 0 Å². The first-order valence-electron chi connectivity index (χ1n) is 4.35. The molecule has 70 valence electrons. The van der Waals surface area contributed by atoms with Crippen LogP contribution in [0.4, 0.5) is 0 Å². The summed E-state index contributed by atoms with van der Waals surface area (Å²) in [6.07, 6.45) is 2.09. The predicted molar refractivity (Wildman–Crippen MR) is 54.6 cm³/mol. The molecule has 14 heavy (non-hydrogen) atoms. The summed E-state index contributed by atoms with van der Waals surface area (Å²) in [6, 6.07) is 8.35. The first-order valence-corrected chi connectivity index (χ1v) is 4.35. The van der Waals surface area contributed by atoms with E-state index in [1.54, 1.807) is 0 Å². The Morgan fingerprint density at radius 1 is 1.29 bits per heavy atom. The Morgan fingerprint density at radius 2 is 2.00 bits per heavy atom. The maximum atomic E-state index is 3.25. The summed E-state index contributed by atoms with van der Waals surface area (Å²) in [7, 11) is 4.05. The summed E-state index contributed by atoms with van der Waals surface area (Å²) in [6.45, 7) is 2.03. The van der Waals surface area contributed by atoms with Crippen molar-refractivity contribution in [3.8, 4) is 0 Å². The van der Waals surface area contributed by atoms with Gasteiger partial charge >= 0.3 is 0 Å². The van der Waals surface area contributed by atoms with Gasteiger partial charge in [0.25, 0.3) is 0 Å². The average Bonchev–Trinajstić information content (AvgIpc) is 2.48. The van der Waals surface area contributed by atoms with Gasteiger partial charge in [-0.3, -0.25) is 0 Å². The normalized spacial score (nSPS) is 15.1. The van der Waals surface area contributed by atoms with Crippen LogP contribution in [-0.2, 0) is 0 Å². The van der Waals surface area contributed by atoms with E-state index in [4.69, 9.17) is 0 Å². The molecule has 1 N–H and O–H groups in total. The van der Waals surface area contributed by atoms with Gasteiger partial charge in [0, 0.05) is 20.3 Å². The van der Waals surface area contributed by atoms with E-state index < -0.39 is 0 Å². The third-order valence-corrected chi connectivity index (χ3v) is 2.02. The molecular weight excluding hydrogens is 430 g/mol. The van der Waals surface area contributed by atoms with Crippen molar-refractivity contribution in [2.45, 2.75) is 0 Å². The number of benzene rings is 1. The molecule has 0 saturated heterocycles. The molecule has 1 aliphatic rings. The molecule has 0 aliphatic carbocycles. The van der Waals surface area contributed by atoms with Gasteiger partial charge in [-0.2, -0.15) is 11.6 Å². The molecule has 3 heteroatoms. The Hall–Kier alpha value is -2.57. The number of hydrogen-bond acceptors (Lipinski definition) is 2. The Morgan fingerprint density at radius 3 is 2.71 bits per heavy atom. The molecule has 1 heterocycles. The van der Waals surface area contributed by atoms with E-state index in [2.05, 4.69) is 35.8 Å². The molecule has 0 aromatic heterocycles. The van der Waals surface area contributed by atoms with Gasteiger partial charge in [-0.25, -0.2) is 0 Å². The summed E-state index contributed by atoms with van der Waals surface area (Å²) >= 11 is 0. The summed E-state index contributed by atoms with van der Waals surface area (Å²) < 4.78 is 0. The fourth-order valence-corrected chi connectivity index (χ4v) is 1.47. The zero-order valence-electron chi connectivity index (χ0n) is 8.62. The topological polar surface area (TPSA) is 15.3 Å². The SMILES string of the molecule is CN(C)/C=C1/N[CH-]c2ccccc21.[Bh]. The minimum absolute atomic E-state index is 0. The van der Waals surface area contributed by atoms with Crippen molar-refractivity contribution in [3.05, 3.63) is 48.1 Å². The number of nitrogens with zero attached hydrogens (tertiary/aromatic N) is 1. The van der Waals surface area contributed by atoms with Crippen molar-refractivity contribution in [1.82, 2.24) is 10.2 Å². The van der Waals surface area contributed by atoms with Crippen molar-refractivity contribution >= 4 is 5.70 Å². The first kappa shape index (κ1) is 9.52. The molecule has 0 atom stereocenters. The van der Waals surface area contributed by atoms with E-state index in [9.17, 15) is 0 Å². The Kier molecular flexibility index (Phi) is 2.34. The first-order chi connectivity index (χ1) is 6.27. The van der Waals surface area contributed by atoms with Gasteiger partial charge in [-0.15, -0.1) is 24.2 Å². The van der Waals surface area contributed by atoms with E-state index in [-0.39, 0.29) is 0 Å². The fraction of sp³-hybridized carbons (Fsp3) is 0.182. The fourth-order valence-electron chi connectivity index (χ4n) is 1.47. The third kappa shape index (κ3) is 1.46. The maximum Gasteiger partial charge on any atom is 0.00920 e. The van der Waals surface area contributed by atoms with Crippen LogP contribution >= 0.6 is 0 Å². The van der Waals surface area contributed by atoms with E-state index in [0.29, 0.717) is 0 Å². The van der Waals surface area contributed by atoms with Gasteiger partial charge in [0.1, 0.15) is 0 Å². The quantitative estimate of drug-likeness (QED) is 0.665. The van der Waals surface area contributed by atoms with Crippen LogP contribution in [0, 0.1) is 6.54 Å². The van der Waals surface area contributed by atoms with Crippen LogP contribution in [0.15, 0.2) is 30.5 Å². The zero-order valence-corrected chi connectivity index (χ0v) is 15.1. The molecule has 0 spiro atoms. The molecular formula is C11H13BhN2-. The molecule has 0 fully saturated rings. The minimum atomic E-state index is 0. The van der Waals surface area contributed by atoms with Crippen LogP contribution in [0.3, 0.4) is 0 Å². The number of rotatable bonds is 1. The van der Waals surface area contributed by atoms with Crippen LogP contribution in [0.1, 0.15) is 11.1 Å². The monoisotopic (exact) mass is 443 g/mol. The van der Waals surface area contributed by atoms with Gasteiger partial charge in [-0.1, -0.05) is 6.07 Å². The molecule has 0 radical (unpaired) electrons.